The van der Waals surface area contributed by atoms with E-state index in [2.05, 4.69) is 26.1 Å². The second kappa shape index (κ2) is 9.18. The molecule has 2 aromatic carbocycles. The van der Waals surface area contributed by atoms with Gasteiger partial charge in [0.05, 0.1) is 12.0 Å². The molecule has 2 heterocycles. The number of carbonyl (C=O) groups is 1. The van der Waals surface area contributed by atoms with E-state index in [1.807, 2.05) is 66.0 Å². The molecule has 1 aliphatic carbocycles. The van der Waals surface area contributed by atoms with Gasteiger partial charge in [-0.15, -0.1) is 21.5 Å². The van der Waals surface area contributed by atoms with E-state index in [-0.39, 0.29) is 5.91 Å². The van der Waals surface area contributed by atoms with Crippen LogP contribution in [-0.4, -0.2) is 27.8 Å². The van der Waals surface area contributed by atoms with Crippen LogP contribution in [0.5, 0.6) is 5.75 Å². The fraction of sp³-hybridized carbons (Fsp3) is 0.208. The smallest absolute Gasteiger partial charge is 0.242 e. The molecule has 0 radical (unpaired) electrons. The maximum absolute atomic E-state index is 13.4. The van der Waals surface area contributed by atoms with Gasteiger partial charge < -0.3 is 10.1 Å². The number of anilines is 1. The number of hydrogen-bond donors (Lipinski definition) is 1. The summed E-state index contributed by atoms with van der Waals surface area (Å²) in [7, 11) is 1.61. The topological polar surface area (TPSA) is 69.0 Å². The Morgan fingerprint density at radius 2 is 1.97 bits per heavy atom. The molecule has 0 spiro atoms. The monoisotopic (exact) mass is 462 g/mol. The molecule has 1 saturated carbocycles. The Labute approximate surface area is 194 Å². The molecule has 162 valence electrons. The van der Waals surface area contributed by atoms with Gasteiger partial charge in [0.1, 0.15) is 11.0 Å². The third kappa shape index (κ3) is 4.42. The highest BCUT2D eigenvalue weighted by atomic mass is 32.2. The zero-order valence-electron chi connectivity index (χ0n) is 17.5. The number of amides is 1. The Morgan fingerprint density at radius 3 is 2.69 bits per heavy atom. The van der Waals surface area contributed by atoms with E-state index in [9.17, 15) is 4.79 Å². The van der Waals surface area contributed by atoms with Crippen LogP contribution in [0, 0.1) is 0 Å². The molecule has 5 rings (SSSR count). The summed E-state index contributed by atoms with van der Waals surface area (Å²) in [6.45, 7) is 0. The maximum Gasteiger partial charge on any atom is 0.242 e. The van der Waals surface area contributed by atoms with Crippen molar-refractivity contribution in [3.63, 3.8) is 0 Å². The van der Waals surface area contributed by atoms with Crippen LogP contribution in [0.15, 0.2) is 77.3 Å². The summed E-state index contributed by atoms with van der Waals surface area (Å²) in [6.07, 6.45) is 2.21. The minimum Gasteiger partial charge on any atom is -0.497 e. The first kappa shape index (κ1) is 20.8. The van der Waals surface area contributed by atoms with E-state index in [1.54, 1.807) is 18.4 Å². The average molecular weight is 463 g/mol. The minimum atomic E-state index is -0.472. The van der Waals surface area contributed by atoms with Crippen molar-refractivity contribution in [2.75, 3.05) is 12.4 Å². The van der Waals surface area contributed by atoms with Crippen molar-refractivity contribution in [3.05, 3.63) is 77.7 Å². The van der Waals surface area contributed by atoms with Gasteiger partial charge in [-0.2, -0.15) is 0 Å². The number of nitrogens with zero attached hydrogens (tertiary/aromatic N) is 3. The third-order valence-electron chi connectivity index (χ3n) is 5.22. The predicted molar refractivity (Wildman–Crippen MR) is 128 cm³/mol. The maximum atomic E-state index is 13.4. The number of carbonyl (C=O) groups excluding carboxylic acids is 1. The summed E-state index contributed by atoms with van der Waals surface area (Å²) < 4.78 is 7.49. The van der Waals surface area contributed by atoms with Crippen LogP contribution in [-0.2, 0) is 4.79 Å². The van der Waals surface area contributed by atoms with Crippen molar-refractivity contribution in [3.8, 4) is 16.5 Å². The summed E-state index contributed by atoms with van der Waals surface area (Å²) in [5.41, 5.74) is 1.61. The summed E-state index contributed by atoms with van der Waals surface area (Å²) in [6, 6.07) is 21.6. The highest BCUT2D eigenvalue weighted by Crippen LogP contribution is 2.44. The Morgan fingerprint density at radius 1 is 1.12 bits per heavy atom. The van der Waals surface area contributed by atoms with Crippen molar-refractivity contribution in [2.24, 2.45) is 0 Å². The van der Waals surface area contributed by atoms with E-state index in [4.69, 9.17) is 4.74 Å². The van der Waals surface area contributed by atoms with Crippen LogP contribution in [0.1, 0.15) is 29.7 Å². The van der Waals surface area contributed by atoms with Crippen LogP contribution < -0.4 is 10.1 Å². The molecule has 8 heteroatoms. The SMILES string of the molecule is COc1cccc(NC(=O)C(Sc2nnc(-c3cccs3)n2C2CC2)c2ccccc2)c1. The molecule has 0 saturated heterocycles. The van der Waals surface area contributed by atoms with Gasteiger partial charge in [0.25, 0.3) is 0 Å². The summed E-state index contributed by atoms with van der Waals surface area (Å²) in [5.74, 6) is 1.46. The molecular weight excluding hydrogens is 440 g/mol. The van der Waals surface area contributed by atoms with Gasteiger partial charge >= 0.3 is 0 Å². The molecule has 1 amide bonds. The number of benzene rings is 2. The first-order valence-electron chi connectivity index (χ1n) is 10.4. The fourth-order valence-electron chi connectivity index (χ4n) is 3.51. The molecule has 4 aromatic rings. The molecule has 32 heavy (non-hydrogen) atoms. The lowest BCUT2D eigenvalue weighted by Crippen LogP contribution is -2.19. The third-order valence-corrected chi connectivity index (χ3v) is 7.30. The lowest BCUT2D eigenvalue weighted by Gasteiger charge is -2.17. The van der Waals surface area contributed by atoms with Crippen molar-refractivity contribution in [2.45, 2.75) is 29.3 Å². The number of thioether (sulfide) groups is 1. The molecule has 1 atom stereocenters. The fourth-order valence-corrected chi connectivity index (χ4v) is 5.32. The second-order valence-corrected chi connectivity index (χ2v) is 9.53. The Kier molecular flexibility index (Phi) is 5.96. The Balaban J connectivity index is 1.47. The number of nitrogens with one attached hydrogen (secondary N) is 1. The van der Waals surface area contributed by atoms with Crippen LogP contribution in [0.2, 0.25) is 0 Å². The highest BCUT2D eigenvalue weighted by molar-refractivity contribution is 8.00. The van der Waals surface area contributed by atoms with Crippen molar-refractivity contribution in [1.82, 2.24) is 14.8 Å². The molecular formula is C24H22N4O2S2. The van der Waals surface area contributed by atoms with E-state index in [1.165, 1.54) is 11.8 Å². The summed E-state index contributed by atoms with van der Waals surface area (Å²) >= 11 is 3.09. The molecule has 1 fully saturated rings. The molecule has 0 aliphatic heterocycles. The van der Waals surface area contributed by atoms with Crippen molar-refractivity contribution >= 4 is 34.7 Å². The number of aromatic nitrogens is 3. The lowest BCUT2D eigenvalue weighted by atomic mass is 10.1. The van der Waals surface area contributed by atoms with Gasteiger partial charge in [-0.3, -0.25) is 9.36 Å². The molecule has 0 bridgehead atoms. The molecule has 1 unspecified atom stereocenters. The first-order valence-corrected chi connectivity index (χ1v) is 12.1. The largest absolute Gasteiger partial charge is 0.497 e. The second-order valence-electron chi connectivity index (χ2n) is 7.51. The minimum absolute atomic E-state index is 0.113. The van der Waals surface area contributed by atoms with Crippen molar-refractivity contribution in [1.29, 1.82) is 0 Å². The van der Waals surface area contributed by atoms with E-state index >= 15 is 0 Å². The summed E-state index contributed by atoms with van der Waals surface area (Å²) in [4.78, 5) is 14.5. The number of thiophene rings is 1. The van der Waals surface area contributed by atoms with Crippen LogP contribution in [0.3, 0.4) is 0 Å². The van der Waals surface area contributed by atoms with Gasteiger partial charge in [-0.05, 0) is 42.0 Å². The molecule has 1 aliphatic rings. The van der Waals surface area contributed by atoms with Gasteiger partial charge in [0, 0.05) is 17.8 Å². The summed E-state index contributed by atoms with van der Waals surface area (Å²) in [5, 5.41) is 14.4. The molecule has 6 nitrogen and oxygen atoms in total. The number of rotatable bonds is 8. The van der Waals surface area contributed by atoms with Gasteiger partial charge in [-0.1, -0.05) is 54.2 Å². The number of ether oxygens (including phenoxy) is 1. The molecule has 2 aromatic heterocycles. The standard InChI is InChI=1S/C24H22N4O2S2/c1-30-19-10-5-9-17(15-19)25-23(29)21(16-7-3-2-4-8-16)32-24-27-26-22(20-11-6-14-31-20)28(24)18-12-13-18/h2-11,14-15,18,21H,12-13H2,1H3,(H,25,29). The van der Waals surface area contributed by atoms with Gasteiger partial charge in [-0.25, -0.2) is 0 Å². The predicted octanol–water partition coefficient (Wildman–Crippen LogP) is 5.82. The Bertz CT molecular complexity index is 1200. The normalized spacial score (nSPS) is 14.2. The van der Waals surface area contributed by atoms with E-state index < -0.39 is 5.25 Å². The van der Waals surface area contributed by atoms with Crippen LogP contribution >= 0.6 is 23.1 Å². The lowest BCUT2D eigenvalue weighted by molar-refractivity contribution is -0.115. The van der Waals surface area contributed by atoms with E-state index in [0.29, 0.717) is 17.5 Å². The zero-order chi connectivity index (χ0) is 21.9. The highest BCUT2D eigenvalue weighted by Gasteiger charge is 2.33. The van der Waals surface area contributed by atoms with Gasteiger partial charge in [0.15, 0.2) is 11.0 Å². The van der Waals surface area contributed by atoms with Crippen LogP contribution in [0.4, 0.5) is 5.69 Å². The average Bonchev–Trinajstić information content (AvgIpc) is 3.34. The van der Waals surface area contributed by atoms with Crippen molar-refractivity contribution < 1.29 is 9.53 Å². The van der Waals surface area contributed by atoms with Crippen LogP contribution in [0.25, 0.3) is 10.7 Å². The number of methoxy groups -OCH3 is 1. The quantitative estimate of drug-likeness (QED) is 0.334. The molecule has 1 N–H and O–H groups in total. The Hall–Kier alpha value is -3.10. The van der Waals surface area contributed by atoms with Gasteiger partial charge in [0.2, 0.25) is 5.91 Å². The zero-order valence-corrected chi connectivity index (χ0v) is 19.1. The first-order chi connectivity index (χ1) is 15.7. The van der Waals surface area contributed by atoms with E-state index in [0.717, 1.165) is 34.3 Å². The number of hydrogen-bond acceptors (Lipinski definition) is 6.